The summed E-state index contributed by atoms with van der Waals surface area (Å²) >= 11 is 3.56. The van der Waals surface area contributed by atoms with Crippen LogP contribution >= 0.6 is 15.9 Å². The van der Waals surface area contributed by atoms with Crippen LogP contribution in [0.25, 0.3) is 16.6 Å². The van der Waals surface area contributed by atoms with E-state index in [4.69, 9.17) is 0 Å². The van der Waals surface area contributed by atoms with Crippen molar-refractivity contribution in [2.75, 3.05) is 0 Å². The van der Waals surface area contributed by atoms with Gasteiger partial charge in [0.15, 0.2) is 0 Å². The zero-order valence-corrected chi connectivity index (χ0v) is 18.8. The molecule has 0 aliphatic rings. The average Bonchev–Trinajstić information content (AvgIpc) is 3.12. The van der Waals surface area contributed by atoms with E-state index in [-0.39, 0.29) is 0 Å². The van der Waals surface area contributed by atoms with Crippen LogP contribution in [0.15, 0.2) is 77.4 Å². The van der Waals surface area contributed by atoms with Crippen molar-refractivity contribution in [2.24, 2.45) is 0 Å². The van der Waals surface area contributed by atoms with Crippen LogP contribution in [-0.4, -0.2) is 9.67 Å². The van der Waals surface area contributed by atoms with Gasteiger partial charge in [-0.3, -0.25) is 0 Å². The van der Waals surface area contributed by atoms with E-state index in [9.17, 15) is 10.4 Å². The number of hydrogen-bond acceptors (Lipinski definition) is 2. The van der Waals surface area contributed by atoms with E-state index in [2.05, 4.69) is 63.8 Å². The first-order chi connectivity index (χ1) is 14.3. The van der Waals surface area contributed by atoms with Crippen LogP contribution in [0.5, 0.6) is 0 Å². The Morgan fingerprint density at radius 3 is 2.30 bits per heavy atom. The summed E-state index contributed by atoms with van der Waals surface area (Å²) in [4.78, 5) is 0. The first kappa shape index (κ1) is 20.4. The molecule has 150 valence electrons. The fourth-order valence-corrected chi connectivity index (χ4v) is 4.05. The second-order valence-corrected chi connectivity index (χ2v) is 9.13. The van der Waals surface area contributed by atoms with E-state index >= 15 is 0 Å². The van der Waals surface area contributed by atoms with Gasteiger partial charge >= 0.3 is 0 Å². The topological polar surface area (TPSA) is 49.0 Å². The van der Waals surface area contributed by atoms with E-state index < -0.39 is 11.5 Å². The summed E-state index contributed by atoms with van der Waals surface area (Å²) in [6.45, 7) is 5.86. The second kappa shape index (κ2) is 7.75. The van der Waals surface area contributed by atoms with Crippen molar-refractivity contribution in [1.29, 1.82) is 5.26 Å². The molecule has 0 aliphatic heterocycles. The molecular formula is C26H23BrN2O. The molecule has 0 saturated carbocycles. The predicted molar refractivity (Wildman–Crippen MR) is 125 cm³/mol. The Hall–Kier alpha value is -2.87. The van der Waals surface area contributed by atoms with Crippen LogP contribution in [0.4, 0.5) is 0 Å². The molecule has 0 aliphatic carbocycles. The molecule has 0 amide bonds. The van der Waals surface area contributed by atoms with Crippen molar-refractivity contribution in [1.82, 2.24) is 4.57 Å². The van der Waals surface area contributed by atoms with Gasteiger partial charge in [0.05, 0.1) is 17.0 Å². The molecule has 4 rings (SSSR count). The third-order valence-corrected chi connectivity index (χ3v) is 6.12. The molecule has 0 spiro atoms. The fraction of sp³-hybridized carbons (Fsp3) is 0.192. The maximum Gasteiger partial charge on any atom is 0.106 e. The number of nitrogens with zero attached hydrogens (tertiary/aromatic N) is 2. The van der Waals surface area contributed by atoms with E-state index in [0.717, 1.165) is 37.8 Å². The molecule has 4 heteroatoms. The maximum absolute atomic E-state index is 11.2. The number of hydrogen-bond donors (Lipinski definition) is 1. The number of aryl methyl sites for hydroxylation is 1. The summed E-state index contributed by atoms with van der Waals surface area (Å²) in [5.41, 5.74) is 5.32. The van der Waals surface area contributed by atoms with Crippen molar-refractivity contribution < 1.29 is 5.11 Å². The van der Waals surface area contributed by atoms with Crippen molar-refractivity contribution in [3.8, 4) is 11.8 Å². The van der Waals surface area contributed by atoms with Crippen molar-refractivity contribution in [3.05, 3.63) is 99.7 Å². The normalized spacial score (nSPS) is 12.7. The van der Waals surface area contributed by atoms with E-state index in [1.807, 2.05) is 56.4 Å². The maximum atomic E-state index is 11.2. The van der Waals surface area contributed by atoms with Gasteiger partial charge in [0, 0.05) is 27.3 Å². The number of aliphatic hydroxyl groups is 1. The van der Waals surface area contributed by atoms with E-state index in [1.54, 1.807) is 0 Å². The summed E-state index contributed by atoms with van der Waals surface area (Å²) in [6, 6.07) is 24.5. The van der Waals surface area contributed by atoms with Gasteiger partial charge in [0.1, 0.15) is 6.10 Å². The highest BCUT2D eigenvalue weighted by Gasteiger charge is 2.22. The molecule has 0 bridgehead atoms. The van der Waals surface area contributed by atoms with Gasteiger partial charge in [-0.1, -0.05) is 57.9 Å². The molecule has 1 heterocycles. The van der Waals surface area contributed by atoms with Crippen LogP contribution in [0.2, 0.25) is 0 Å². The quantitative estimate of drug-likeness (QED) is 0.375. The molecule has 1 atom stereocenters. The standard InChI is InChI=1S/C26H23BrN2O/c1-17-4-11-21(12-5-17)29-15-23(22-14-20(27)10-13-24(22)29)25(30)18-6-8-19(9-7-18)26(2,3)16-28/h4-15,25,30H,1-3H3. The van der Waals surface area contributed by atoms with Gasteiger partial charge in [0.25, 0.3) is 0 Å². The van der Waals surface area contributed by atoms with E-state index in [0.29, 0.717) is 0 Å². The average molecular weight is 459 g/mol. The Balaban J connectivity index is 1.81. The Kier molecular flexibility index (Phi) is 5.27. The van der Waals surface area contributed by atoms with Gasteiger partial charge in [-0.15, -0.1) is 0 Å². The third-order valence-electron chi connectivity index (χ3n) is 5.63. The molecule has 3 aromatic carbocycles. The highest BCUT2D eigenvalue weighted by atomic mass is 79.9. The van der Waals surface area contributed by atoms with Crippen LogP contribution in [0.3, 0.4) is 0 Å². The third kappa shape index (κ3) is 3.67. The molecule has 1 unspecified atom stereocenters. The zero-order chi connectivity index (χ0) is 21.5. The summed E-state index contributed by atoms with van der Waals surface area (Å²) in [5, 5.41) is 21.6. The summed E-state index contributed by atoms with van der Waals surface area (Å²) in [7, 11) is 0. The van der Waals surface area contributed by atoms with Gasteiger partial charge in [-0.05, 0) is 62.2 Å². The van der Waals surface area contributed by atoms with Crippen molar-refractivity contribution in [3.63, 3.8) is 0 Å². The minimum atomic E-state index is -0.771. The molecule has 30 heavy (non-hydrogen) atoms. The smallest absolute Gasteiger partial charge is 0.106 e. The van der Waals surface area contributed by atoms with Crippen LogP contribution in [0.1, 0.15) is 42.2 Å². The van der Waals surface area contributed by atoms with Crippen LogP contribution in [0, 0.1) is 18.3 Å². The largest absolute Gasteiger partial charge is 0.384 e. The van der Waals surface area contributed by atoms with Crippen LogP contribution < -0.4 is 0 Å². The lowest BCUT2D eigenvalue weighted by Gasteiger charge is -2.17. The lowest BCUT2D eigenvalue weighted by atomic mass is 9.85. The number of rotatable bonds is 4. The molecule has 0 radical (unpaired) electrons. The Bertz CT molecular complexity index is 1250. The number of benzene rings is 3. The molecule has 0 fully saturated rings. The Labute approximate surface area is 185 Å². The monoisotopic (exact) mass is 458 g/mol. The van der Waals surface area contributed by atoms with Gasteiger partial charge < -0.3 is 9.67 Å². The molecule has 4 aromatic rings. The van der Waals surface area contributed by atoms with Crippen molar-refractivity contribution in [2.45, 2.75) is 32.3 Å². The SMILES string of the molecule is Cc1ccc(-n2cc(C(O)c3ccc(C(C)(C)C#N)cc3)c3cc(Br)ccc32)cc1. The Morgan fingerprint density at radius 2 is 1.67 bits per heavy atom. The fourth-order valence-electron chi connectivity index (χ4n) is 3.69. The number of fused-ring (bicyclic) bond motifs is 1. The Morgan fingerprint density at radius 1 is 1.00 bits per heavy atom. The zero-order valence-electron chi connectivity index (χ0n) is 17.2. The molecule has 1 aromatic heterocycles. The number of aromatic nitrogens is 1. The summed E-state index contributed by atoms with van der Waals surface area (Å²) in [6.07, 6.45) is 1.24. The van der Waals surface area contributed by atoms with E-state index in [1.165, 1.54) is 5.56 Å². The second-order valence-electron chi connectivity index (χ2n) is 8.21. The lowest BCUT2D eigenvalue weighted by Crippen LogP contribution is -2.13. The van der Waals surface area contributed by atoms with Crippen molar-refractivity contribution >= 4 is 26.8 Å². The summed E-state index contributed by atoms with van der Waals surface area (Å²) in [5.74, 6) is 0. The van der Waals surface area contributed by atoms with Gasteiger partial charge in [-0.25, -0.2) is 0 Å². The molecular weight excluding hydrogens is 436 g/mol. The highest BCUT2D eigenvalue weighted by Crippen LogP contribution is 2.35. The number of halogens is 1. The van der Waals surface area contributed by atoms with Crippen LogP contribution in [-0.2, 0) is 5.41 Å². The number of aliphatic hydroxyl groups excluding tert-OH is 1. The lowest BCUT2D eigenvalue weighted by molar-refractivity contribution is 0.221. The molecule has 3 nitrogen and oxygen atoms in total. The highest BCUT2D eigenvalue weighted by molar-refractivity contribution is 9.10. The summed E-state index contributed by atoms with van der Waals surface area (Å²) < 4.78 is 3.09. The van der Waals surface area contributed by atoms with Gasteiger partial charge in [0.2, 0.25) is 0 Å². The first-order valence-electron chi connectivity index (χ1n) is 9.87. The van der Waals surface area contributed by atoms with Gasteiger partial charge in [-0.2, -0.15) is 5.26 Å². The first-order valence-corrected chi connectivity index (χ1v) is 10.7. The predicted octanol–water partition coefficient (Wildman–Crippen LogP) is 6.58. The minimum Gasteiger partial charge on any atom is -0.384 e. The molecule has 1 N–H and O–H groups in total. The minimum absolute atomic E-state index is 0.560. The molecule has 0 saturated heterocycles. The number of nitriles is 1.